The van der Waals surface area contributed by atoms with Gasteiger partial charge in [-0.25, -0.2) is 0 Å². The summed E-state index contributed by atoms with van der Waals surface area (Å²) >= 11 is 0. The first-order valence-electron chi connectivity index (χ1n) is 9.95. The molecule has 6 nitrogen and oxygen atoms in total. The van der Waals surface area contributed by atoms with E-state index in [0.717, 1.165) is 11.1 Å². The second-order valence-electron chi connectivity index (χ2n) is 7.70. The molecule has 0 radical (unpaired) electrons. The monoisotopic (exact) mass is 396 g/mol. The summed E-state index contributed by atoms with van der Waals surface area (Å²) in [5.41, 5.74) is 7.38. The van der Waals surface area contributed by atoms with Crippen LogP contribution < -0.4 is 5.73 Å². The number of ether oxygens (including phenoxy) is 1. The van der Waals surface area contributed by atoms with Crippen molar-refractivity contribution in [2.45, 2.75) is 38.5 Å². The number of hydrogen-bond acceptors (Lipinski definition) is 5. The van der Waals surface area contributed by atoms with Crippen LogP contribution in [0.5, 0.6) is 0 Å². The number of nitrogens with zero attached hydrogens (tertiary/aromatic N) is 1. The summed E-state index contributed by atoms with van der Waals surface area (Å²) in [4.78, 5) is 26.1. The first kappa shape index (κ1) is 21.0. The molecule has 0 aliphatic carbocycles. The summed E-state index contributed by atoms with van der Waals surface area (Å²) in [6, 6.07) is 19.2. The van der Waals surface area contributed by atoms with E-state index in [4.69, 9.17) is 10.5 Å². The lowest BCUT2D eigenvalue weighted by Crippen LogP contribution is -2.52. The Morgan fingerprint density at radius 1 is 1.00 bits per heavy atom. The van der Waals surface area contributed by atoms with E-state index in [0.29, 0.717) is 32.4 Å². The highest BCUT2D eigenvalue weighted by atomic mass is 16.5. The highest BCUT2D eigenvalue weighted by Gasteiger charge is 2.42. The smallest absolute Gasteiger partial charge is 0.310 e. The fourth-order valence-electron chi connectivity index (χ4n) is 3.83. The molecule has 1 heterocycles. The maximum Gasteiger partial charge on any atom is 0.310 e. The third kappa shape index (κ3) is 5.65. The van der Waals surface area contributed by atoms with Gasteiger partial charge in [0.25, 0.3) is 0 Å². The van der Waals surface area contributed by atoms with Crippen molar-refractivity contribution >= 4 is 11.9 Å². The van der Waals surface area contributed by atoms with Crippen molar-refractivity contribution in [1.29, 1.82) is 0 Å². The van der Waals surface area contributed by atoms with Crippen molar-refractivity contribution in [3.63, 3.8) is 0 Å². The zero-order valence-electron chi connectivity index (χ0n) is 16.5. The molecule has 1 aliphatic heterocycles. The standard InChI is InChI=1S/C23H28N2O4/c24-20(15-21(26)29-17-19-9-5-2-6-10-19)25-13-11-23(12-14-25,22(27)28)16-18-7-3-1-4-8-18/h1-10,20H,11-17,24H2,(H,27,28). The van der Waals surface area contributed by atoms with Gasteiger partial charge in [-0.05, 0) is 30.4 Å². The largest absolute Gasteiger partial charge is 0.481 e. The summed E-state index contributed by atoms with van der Waals surface area (Å²) < 4.78 is 5.31. The highest BCUT2D eigenvalue weighted by Crippen LogP contribution is 2.36. The Morgan fingerprint density at radius 3 is 2.10 bits per heavy atom. The molecule has 3 rings (SSSR count). The molecule has 0 aromatic heterocycles. The number of carbonyl (C=O) groups is 2. The van der Waals surface area contributed by atoms with Crippen LogP contribution in [0.2, 0.25) is 0 Å². The second kappa shape index (κ2) is 9.67. The fourth-order valence-corrected chi connectivity index (χ4v) is 3.83. The average Bonchev–Trinajstić information content (AvgIpc) is 2.74. The molecule has 1 aliphatic rings. The summed E-state index contributed by atoms with van der Waals surface area (Å²) in [5, 5.41) is 9.87. The van der Waals surface area contributed by atoms with Crippen LogP contribution in [0, 0.1) is 5.41 Å². The third-order valence-corrected chi connectivity index (χ3v) is 5.68. The van der Waals surface area contributed by atoms with E-state index in [1.165, 1.54) is 0 Å². The molecule has 2 aromatic carbocycles. The third-order valence-electron chi connectivity index (χ3n) is 5.68. The summed E-state index contributed by atoms with van der Waals surface area (Å²) in [5.74, 6) is -1.11. The Bertz CT molecular complexity index is 802. The van der Waals surface area contributed by atoms with Crippen LogP contribution in [0.25, 0.3) is 0 Å². The molecule has 1 unspecified atom stereocenters. The van der Waals surface area contributed by atoms with E-state index in [-0.39, 0.29) is 19.0 Å². The van der Waals surface area contributed by atoms with Gasteiger partial charge in [-0.2, -0.15) is 0 Å². The van der Waals surface area contributed by atoms with E-state index in [1.54, 1.807) is 0 Å². The molecule has 0 saturated carbocycles. The molecular weight excluding hydrogens is 368 g/mol. The average molecular weight is 396 g/mol. The van der Waals surface area contributed by atoms with Crippen LogP contribution in [0.4, 0.5) is 0 Å². The van der Waals surface area contributed by atoms with Gasteiger partial charge in [0, 0.05) is 13.1 Å². The molecule has 2 aromatic rings. The molecule has 1 atom stereocenters. The topological polar surface area (TPSA) is 92.9 Å². The number of carboxylic acid groups (broad SMARTS) is 1. The number of aliphatic carboxylic acids is 1. The van der Waals surface area contributed by atoms with Crippen molar-refractivity contribution in [2.75, 3.05) is 13.1 Å². The molecule has 154 valence electrons. The number of piperidine rings is 1. The van der Waals surface area contributed by atoms with Crippen molar-refractivity contribution in [3.05, 3.63) is 71.8 Å². The van der Waals surface area contributed by atoms with Crippen LogP contribution in [0.15, 0.2) is 60.7 Å². The summed E-state index contributed by atoms with van der Waals surface area (Å²) in [6.45, 7) is 1.32. The SMILES string of the molecule is NC(CC(=O)OCc1ccccc1)N1CCC(Cc2ccccc2)(C(=O)O)CC1. The van der Waals surface area contributed by atoms with Crippen LogP contribution in [0.1, 0.15) is 30.4 Å². The van der Waals surface area contributed by atoms with Gasteiger partial charge in [-0.15, -0.1) is 0 Å². The Balaban J connectivity index is 1.50. The van der Waals surface area contributed by atoms with E-state index >= 15 is 0 Å². The molecule has 0 bridgehead atoms. The van der Waals surface area contributed by atoms with E-state index in [2.05, 4.69) is 0 Å². The minimum atomic E-state index is -0.786. The summed E-state index contributed by atoms with van der Waals surface area (Å²) in [7, 11) is 0. The minimum Gasteiger partial charge on any atom is -0.481 e. The number of likely N-dealkylation sites (tertiary alicyclic amines) is 1. The maximum atomic E-state index is 12.1. The van der Waals surface area contributed by atoms with Gasteiger partial charge in [0.05, 0.1) is 18.0 Å². The number of carboxylic acids is 1. The van der Waals surface area contributed by atoms with E-state index in [9.17, 15) is 14.7 Å². The number of benzene rings is 2. The van der Waals surface area contributed by atoms with Crippen LogP contribution >= 0.6 is 0 Å². The van der Waals surface area contributed by atoms with Crippen molar-refractivity contribution in [1.82, 2.24) is 4.90 Å². The fraction of sp³-hybridized carbons (Fsp3) is 0.391. The number of hydrogen-bond donors (Lipinski definition) is 2. The van der Waals surface area contributed by atoms with Crippen molar-refractivity contribution < 1.29 is 19.4 Å². The minimum absolute atomic E-state index is 0.0889. The van der Waals surface area contributed by atoms with Gasteiger partial charge < -0.3 is 15.6 Å². The van der Waals surface area contributed by atoms with Crippen molar-refractivity contribution in [3.8, 4) is 0 Å². The maximum absolute atomic E-state index is 12.1. The molecule has 0 amide bonds. The number of carbonyl (C=O) groups excluding carboxylic acids is 1. The lowest BCUT2D eigenvalue weighted by molar-refractivity contribution is -0.153. The van der Waals surface area contributed by atoms with Gasteiger partial charge in [-0.1, -0.05) is 60.7 Å². The predicted molar refractivity (Wildman–Crippen MR) is 110 cm³/mol. The first-order valence-corrected chi connectivity index (χ1v) is 9.95. The van der Waals surface area contributed by atoms with E-state index < -0.39 is 17.6 Å². The van der Waals surface area contributed by atoms with Gasteiger partial charge >= 0.3 is 11.9 Å². The molecular formula is C23H28N2O4. The Labute approximate surface area is 171 Å². The quantitative estimate of drug-likeness (QED) is 0.667. The molecule has 29 heavy (non-hydrogen) atoms. The molecule has 6 heteroatoms. The molecule has 0 spiro atoms. The van der Waals surface area contributed by atoms with Crippen LogP contribution in [-0.4, -0.2) is 41.2 Å². The Hall–Kier alpha value is -2.70. The predicted octanol–water partition coefficient (Wildman–Crippen LogP) is 2.81. The number of rotatable bonds is 8. The van der Waals surface area contributed by atoms with Crippen LogP contribution in [-0.2, 0) is 27.4 Å². The first-order chi connectivity index (χ1) is 14.0. The van der Waals surface area contributed by atoms with Gasteiger partial charge in [-0.3, -0.25) is 14.5 Å². The second-order valence-corrected chi connectivity index (χ2v) is 7.70. The van der Waals surface area contributed by atoms with Gasteiger partial charge in [0.1, 0.15) is 6.61 Å². The Morgan fingerprint density at radius 2 is 1.55 bits per heavy atom. The Kier molecular flexibility index (Phi) is 7.01. The molecule has 1 fully saturated rings. The molecule has 3 N–H and O–H groups in total. The lowest BCUT2D eigenvalue weighted by Gasteiger charge is -2.41. The zero-order chi connectivity index (χ0) is 20.7. The lowest BCUT2D eigenvalue weighted by atomic mass is 9.73. The highest BCUT2D eigenvalue weighted by molar-refractivity contribution is 5.75. The summed E-state index contributed by atoms with van der Waals surface area (Å²) in [6.07, 6.45) is 1.13. The number of esters is 1. The van der Waals surface area contributed by atoms with Crippen molar-refractivity contribution in [2.24, 2.45) is 11.1 Å². The molecule has 1 saturated heterocycles. The zero-order valence-corrected chi connectivity index (χ0v) is 16.5. The van der Waals surface area contributed by atoms with Gasteiger partial charge in [0.15, 0.2) is 0 Å². The van der Waals surface area contributed by atoms with Crippen LogP contribution in [0.3, 0.4) is 0 Å². The normalized spacial score (nSPS) is 17.4. The van der Waals surface area contributed by atoms with Gasteiger partial charge in [0.2, 0.25) is 0 Å². The van der Waals surface area contributed by atoms with E-state index in [1.807, 2.05) is 65.6 Å². The number of nitrogens with two attached hydrogens (primary N) is 1.